The van der Waals surface area contributed by atoms with Gasteiger partial charge in [0.2, 0.25) is 11.8 Å². The van der Waals surface area contributed by atoms with Crippen molar-refractivity contribution in [3.8, 4) is 0 Å². The first kappa shape index (κ1) is 18.5. The van der Waals surface area contributed by atoms with Crippen LogP contribution in [0.1, 0.15) is 52.4 Å². The molecular formula is C16H28N2O4. The third kappa shape index (κ3) is 7.43. The van der Waals surface area contributed by atoms with Crippen LogP contribution < -0.4 is 5.32 Å². The van der Waals surface area contributed by atoms with Crippen molar-refractivity contribution < 1.29 is 19.5 Å². The number of nitrogens with one attached hydrogen (secondary N) is 1. The van der Waals surface area contributed by atoms with Crippen LogP contribution in [-0.2, 0) is 14.4 Å². The number of rotatable bonds is 8. The van der Waals surface area contributed by atoms with Crippen LogP contribution in [0.25, 0.3) is 0 Å². The molecule has 126 valence electrons. The number of carboxylic acids is 1. The van der Waals surface area contributed by atoms with Crippen molar-refractivity contribution in [2.24, 2.45) is 11.8 Å². The third-order valence-electron chi connectivity index (χ3n) is 3.89. The van der Waals surface area contributed by atoms with Crippen LogP contribution in [0.4, 0.5) is 0 Å². The molecule has 6 nitrogen and oxygen atoms in total. The molecule has 0 aliphatic carbocycles. The van der Waals surface area contributed by atoms with E-state index in [0.29, 0.717) is 38.3 Å². The molecular weight excluding hydrogens is 284 g/mol. The van der Waals surface area contributed by atoms with Gasteiger partial charge >= 0.3 is 5.97 Å². The number of hydrogen-bond donors (Lipinski definition) is 2. The van der Waals surface area contributed by atoms with E-state index in [4.69, 9.17) is 5.11 Å². The highest BCUT2D eigenvalue weighted by Gasteiger charge is 2.23. The third-order valence-corrected chi connectivity index (χ3v) is 3.89. The van der Waals surface area contributed by atoms with E-state index >= 15 is 0 Å². The maximum absolute atomic E-state index is 12.1. The molecule has 1 aliphatic rings. The first-order valence-corrected chi connectivity index (χ1v) is 8.14. The summed E-state index contributed by atoms with van der Waals surface area (Å²) in [7, 11) is 0. The maximum atomic E-state index is 12.1. The molecule has 0 bridgehead atoms. The van der Waals surface area contributed by atoms with E-state index in [1.807, 2.05) is 18.7 Å². The lowest BCUT2D eigenvalue weighted by Gasteiger charge is -2.32. The number of amides is 2. The van der Waals surface area contributed by atoms with E-state index < -0.39 is 5.97 Å². The topological polar surface area (TPSA) is 86.7 Å². The molecule has 1 saturated heterocycles. The number of carboxylic acid groups (broad SMARTS) is 1. The zero-order valence-corrected chi connectivity index (χ0v) is 13.6. The van der Waals surface area contributed by atoms with Gasteiger partial charge in [-0.25, -0.2) is 0 Å². The molecule has 2 N–H and O–H groups in total. The number of nitrogens with zero attached hydrogens (tertiary/aromatic N) is 1. The van der Waals surface area contributed by atoms with Gasteiger partial charge in [-0.3, -0.25) is 14.4 Å². The standard InChI is InChI=1S/C16H28N2O4/c1-12(2)10-14(19)17-8-7-15(20)18-9-3-4-13(11-18)5-6-16(21)22/h12-13H,3-11H2,1-2H3,(H,17,19)(H,21,22). The van der Waals surface area contributed by atoms with Crippen LogP contribution in [0.3, 0.4) is 0 Å². The molecule has 0 aromatic rings. The van der Waals surface area contributed by atoms with Gasteiger partial charge in [0, 0.05) is 38.9 Å². The average Bonchev–Trinajstić information content (AvgIpc) is 2.44. The summed E-state index contributed by atoms with van der Waals surface area (Å²) in [5.74, 6) is -0.154. The number of aliphatic carboxylic acids is 1. The average molecular weight is 312 g/mol. The van der Waals surface area contributed by atoms with Crippen molar-refractivity contribution in [2.45, 2.75) is 52.4 Å². The molecule has 1 rings (SSSR count). The Hall–Kier alpha value is -1.59. The van der Waals surface area contributed by atoms with E-state index in [1.165, 1.54) is 0 Å². The van der Waals surface area contributed by atoms with Gasteiger partial charge in [-0.15, -0.1) is 0 Å². The van der Waals surface area contributed by atoms with Crippen molar-refractivity contribution >= 4 is 17.8 Å². The van der Waals surface area contributed by atoms with Crippen LogP contribution in [-0.4, -0.2) is 47.4 Å². The predicted octanol–water partition coefficient (Wildman–Crippen LogP) is 1.64. The van der Waals surface area contributed by atoms with Gasteiger partial charge in [0.15, 0.2) is 0 Å². The number of likely N-dealkylation sites (tertiary alicyclic amines) is 1. The molecule has 0 saturated carbocycles. The SMILES string of the molecule is CC(C)CC(=O)NCCC(=O)N1CCCC(CCC(=O)O)C1. The van der Waals surface area contributed by atoms with Crippen LogP contribution >= 0.6 is 0 Å². The molecule has 0 aromatic heterocycles. The second-order valence-electron chi connectivity index (χ2n) is 6.48. The van der Waals surface area contributed by atoms with Gasteiger partial charge in [-0.2, -0.15) is 0 Å². The second kappa shape index (κ2) is 9.43. The molecule has 1 unspecified atom stereocenters. The van der Waals surface area contributed by atoms with E-state index in [0.717, 1.165) is 19.4 Å². The summed E-state index contributed by atoms with van der Waals surface area (Å²) in [5, 5.41) is 11.5. The lowest BCUT2D eigenvalue weighted by molar-refractivity contribution is -0.137. The Morgan fingerprint density at radius 1 is 1.27 bits per heavy atom. The number of piperidine rings is 1. The summed E-state index contributed by atoms with van der Waals surface area (Å²) in [6.45, 7) is 5.72. The molecule has 1 fully saturated rings. The normalized spacial score (nSPS) is 18.3. The Balaban J connectivity index is 2.26. The molecule has 1 heterocycles. The molecule has 1 aliphatic heterocycles. The molecule has 2 amide bonds. The van der Waals surface area contributed by atoms with Crippen LogP contribution in [0.2, 0.25) is 0 Å². The fraction of sp³-hybridized carbons (Fsp3) is 0.812. The van der Waals surface area contributed by atoms with E-state index in [2.05, 4.69) is 5.32 Å². The van der Waals surface area contributed by atoms with Crippen LogP contribution in [0, 0.1) is 11.8 Å². The predicted molar refractivity (Wildman–Crippen MR) is 83.3 cm³/mol. The van der Waals surface area contributed by atoms with Crippen molar-refractivity contribution in [2.75, 3.05) is 19.6 Å². The lowest BCUT2D eigenvalue weighted by atomic mass is 9.93. The zero-order chi connectivity index (χ0) is 16.5. The van der Waals surface area contributed by atoms with Crippen molar-refractivity contribution in [1.29, 1.82) is 0 Å². The highest BCUT2D eigenvalue weighted by molar-refractivity contribution is 5.79. The van der Waals surface area contributed by atoms with Crippen LogP contribution in [0.5, 0.6) is 0 Å². The largest absolute Gasteiger partial charge is 0.481 e. The molecule has 0 spiro atoms. The zero-order valence-electron chi connectivity index (χ0n) is 13.6. The highest BCUT2D eigenvalue weighted by atomic mass is 16.4. The van der Waals surface area contributed by atoms with Crippen molar-refractivity contribution in [1.82, 2.24) is 10.2 Å². The number of carbonyl (C=O) groups excluding carboxylic acids is 2. The van der Waals surface area contributed by atoms with Crippen LogP contribution in [0.15, 0.2) is 0 Å². The molecule has 0 aromatic carbocycles. The quantitative estimate of drug-likeness (QED) is 0.713. The lowest BCUT2D eigenvalue weighted by Crippen LogP contribution is -2.41. The minimum Gasteiger partial charge on any atom is -0.481 e. The second-order valence-corrected chi connectivity index (χ2v) is 6.48. The smallest absolute Gasteiger partial charge is 0.303 e. The Labute approximate surface area is 132 Å². The van der Waals surface area contributed by atoms with Gasteiger partial charge in [-0.05, 0) is 31.1 Å². The van der Waals surface area contributed by atoms with Gasteiger partial charge in [0.1, 0.15) is 0 Å². The van der Waals surface area contributed by atoms with Crippen molar-refractivity contribution in [3.63, 3.8) is 0 Å². The summed E-state index contributed by atoms with van der Waals surface area (Å²) in [5.41, 5.74) is 0. The molecule has 22 heavy (non-hydrogen) atoms. The Morgan fingerprint density at radius 3 is 2.64 bits per heavy atom. The van der Waals surface area contributed by atoms with Gasteiger partial charge in [0.05, 0.1) is 0 Å². The highest BCUT2D eigenvalue weighted by Crippen LogP contribution is 2.21. The fourth-order valence-electron chi connectivity index (χ4n) is 2.76. The number of hydrogen-bond acceptors (Lipinski definition) is 3. The summed E-state index contributed by atoms with van der Waals surface area (Å²) < 4.78 is 0. The van der Waals surface area contributed by atoms with E-state index in [-0.39, 0.29) is 24.2 Å². The monoisotopic (exact) mass is 312 g/mol. The summed E-state index contributed by atoms with van der Waals surface area (Å²) in [4.78, 5) is 36.1. The van der Waals surface area contributed by atoms with Gasteiger partial charge < -0.3 is 15.3 Å². The van der Waals surface area contributed by atoms with E-state index in [9.17, 15) is 14.4 Å². The van der Waals surface area contributed by atoms with E-state index in [1.54, 1.807) is 0 Å². The minimum atomic E-state index is -0.781. The Bertz CT molecular complexity index is 396. The fourth-order valence-corrected chi connectivity index (χ4v) is 2.76. The van der Waals surface area contributed by atoms with Gasteiger partial charge in [0.25, 0.3) is 0 Å². The first-order chi connectivity index (χ1) is 10.4. The summed E-state index contributed by atoms with van der Waals surface area (Å²) in [6.07, 6.45) is 3.50. The molecule has 1 atom stereocenters. The Morgan fingerprint density at radius 2 is 2.00 bits per heavy atom. The molecule has 0 radical (unpaired) electrons. The first-order valence-electron chi connectivity index (χ1n) is 8.14. The number of carbonyl (C=O) groups is 3. The molecule has 6 heteroatoms. The van der Waals surface area contributed by atoms with Crippen molar-refractivity contribution in [3.05, 3.63) is 0 Å². The Kier molecular flexibility index (Phi) is 7.91. The summed E-state index contributed by atoms with van der Waals surface area (Å²) in [6, 6.07) is 0. The summed E-state index contributed by atoms with van der Waals surface area (Å²) >= 11 is 0. The van der Waals surface area contributed by atoms with Gasteiger partial charge in [-0.1, -0.05) is 13.8 Å². The maximum Gasteiger partial charge on any atom is 0.303 e. The minimum absolute atomic E-state index is 0.0132.